The number of hydrogen-bond donors (Lipinski definition) is 2. The van der Waals surface area contributed by atoms with Gasteiger partial charge in [-0.3, -0.25) is 0 Å². The van der Waals surface area contributed by atoms with Crippen molar-refractivity contribution >= 4 is 0 Å². The van der Waals surface area contributed by atoms with Crippen LogP contribution < -0.4 is 9.80 Å². The number of rotatable bonds is 5. The summed E-state index contributed by atoms with van der Waals surface area (Å²) in [6.07, 6.45) is 10.7. The van der Waals surface area contributed by atoms with Crippen molar-refractivity contribution in [1.29, 1.82) is 0 Å². The molecule has 2 bridgehead atoms. The van der Waals surface area contributed by atoms with Gasteiger partial charge in [0.05, 0.1) is 12.6 Å². The van der Waals surface area contributed by atoms with Gasteiger partial charge in [-0.25, -0.2) is 0 Å². The number of fused-ring (bicyclic) bond motifs is 2. The van der Waals surface area contributed by atoms with Gasteiger partial charge < -0.3 is 9.80 Å². The maximum absolute atomic E-state index is 2.52. The Bertz CT molecular complexity index is 313. The second-order valence-corrected chi connectivity index (χ2v) is 7.17. The lowest BCUT2D eigenvalue weighted by Crippen LogP contribution is -3.29. The Hall–Kier alpha value is -0.340. The Morgan fingerprint density at radius 1 is 1.00 bits per heavy atom. The van der Waals surface area contributed by atoms with Crippen LogP contribution in [0.3, 0.4) is 0 Å². The summed E-state index contributed by atoms with van der Waals surface area (Å²) in [5.74, 6) is 2.91. The molecule has 19 heavy (non-hydrogen) atoms. The van der Waals surface area contributed by atoms with Crippen LogP contribution in [0.4, 0.5) is 0 Å². The summed E-state index contributed by atoms with van der Waals surface area (Å²) in [4.78, 5) is 3.79. The van der Waals surface area contributed by atoms with Crippen LogP contribution in [0, 0.1) is 17.8 Å². The van der Waals surface area contributed by atoms with Crippen molar-refractivity contribution in [3.8, 4) is 0 Å². The molecular formula is C17H32N2+2. The molecule has 0 aromatic rings. The van der Waals surface area contributed by atoms with Crippen molar-refractivity contribution in [1.82, 2.24) is 0 Å². The summed E-state index contributed by atoms with van der Waals surface area (Å²) in [5, 5.41) is 0. The molecule has 0 aromatic heterocycles. The minimum atomic E-state index is 0.923. The van der Waals surface area contributed by atoms with Crippen LogP contribution in [0.25, 0.3) is 0 Å². The van der Waals surface area contributed by atoms with Crippen LogP contribution in [0.5, 0.6) is 0 Å². The number of piperazine rings is 1. The van der Waals surface area contributed by atoms with E-state index >= 15 is 0 Å². The summed E-state index contributed by atoms with van der Waals surface area (Å²) >= 11 is 0. The highest BCUT2D eigenvalue weighted by molar-refractivity contribution is 5.09. The van der Waals surface area contributed by atoms with E-state index in [1.54, 1.807) is 0 Å². The first-order chi connectivity index (χ1) is 9.30. The quantitative estimate of drug-likeness (QED) is 0.655. The smallest absolute Gasteiger partial charge is 0.127 e. The molecular weight excluding hydrogens is 232 g/mol. The zero-order chi connectivity index (χ0) is 13.2. The predicted octanol–water partition coefficient (Wildman–Crippen LogP) is 0.171. The van der Waals surface area contributed by atoms with Gasteiger partial charge in [-0.2, -0.15) is 0 Å². The van der Waals surface area contributed by atoms with Gasteiger partial charge in [-0.15, -0.1) is 0 Å². The first kappa shape index (κ1) is 13.6. The molecule has 0 unspecified atom stereocenters. The summed E-state index contributed by atoms with van der Waals surface area (Å²) in [6.45, 7) is 11.9. The minimum absolute atomic E-state index is 0.923. The fraction of sp³-hybridized carbons (Fsp3) is 0.882. The highest BCUT2D eigenvalue weighted by atomic mass is 15.3. The monoisotopic (exact) mass is 264 g/mol. The average Bonchev–Trinajstić information content (AvgIpc) is 3.04. The maximum Gasteiger partial charge on any atom is 0.127 e. The fourth-order valence-electron chi connectivity index (χ4n) is 4.90. The topological polar surface area (TPSA) is 8.88 Å². The van der Waals surface area contributed by atoms with Crippen molar-refractivity contribution in [2.75, 3.05) is 32.7 Å². The van der Waals surface area contributed by atoms with Gasteiger partial charge in [0.25, 0.3) is 0 Å². The van der Waals surface area contributed by atoms with E-state index in [4.69, 9.17) is 0 Å². The van der Waals surface area contributed by atoms with E-state index < -0.39 is 0 Å². The van der Waals surface area contributed by atoms with Gasteiger partial charge >= 0.3 is 0 Å². The molecule has 0 radical (unpaired) electrons. The zero-order valence-electron chi connectivity index (χ0n) is 12.8. The second kappa shape index (κ2) is 5.97. The summed E-state index contributed by atoms with van der Waals surface area (Å²) in [6, 6.07) is 0.923. The van der Waals surface area contributed by atoms with E-state index in [0.717, 1.165) is 23.8 Å². The van der Waals surface area contributed by atoms with Crippen LogP contribution >= 0.6 is 0 Å². The number of hydrogen-bond acceptors (Lipinski definition) is 0. The van der Waals surface area contributed by atoms with Crippen molar-refractivity contribution < 1.29 is 9.80 Å². The van der Waals surface area contributed by atoms with Crippen molar-refractivity contribution in [3.05, 3.63) is 12.2 Å². The molecule has 0 amide bonds. The molecule has 2 aliphatic carbocycles. The molecule has 2 nitrogen and oxygen atoms in total. The van der Waals surface area contributed by atoms with Crippen molar-refractivity contribution in [2.24, 2.45) is 17.8 Å². The molecule has 3 atom stereocenters. The number of nitrogens with one attached hydrogen (secondary N) is 2. The van der Waals surface area contributed by atoms with Gasteiger partial charge in [0.15, 0.2) is 0 Å². The van der Waals surface area contributed by atoms with Gasteiger partial charge in [0, 0.05) is 5.92 Å². The van der Waals surface area contributed by atoms with E-state index in [1.807, 2.05) is 9.80 Å². The minimum Gasteiger partial charge on any atom is -0.325 e. The Balaban J connectivity index is 1.44. The molecule has 2 heteroatoms. The standard InChI is InChI=1S/C17H30N2/c1-3-17(4-2)19-9-7-18(8-10-19)13-16-12-14-5-6-15(16)11-14/h5-6,14-17H,3-4,7-13H2,1-2H3/p+2/t14-,15+,16+/m1/s1. The molecule has 2 fully saturated rings. The highest BCUT2D eigenvalue weighted by Crippen LogP contribution is 2.42. The first-order valence-electron chi connectivity index (χ1n) is 8.66. The largest absolute Gasteiger partial charge is 0.325 e. The predicted molar refractivity (Wildman–Crippen MR) is 79.5 cm³/mol. The van der Waals surface area contributed by atoms with E-state index in [1.165, 1.54) is 58.4 Å². The van der Waals surface area contributed by atoms with Crippen LogP contribution in [0.15, 0.2) is 12.2 Å². The van der Waals surface area contributed by atoms with Gasteiger partial charge in [-0.05, 0) is 37.5 Å². The van der Waals surface area contributed by atoms with Crippen molar-refractivity contribution in [3.63, 3.8) is 0 Å². The van der Waals surface area contributed by atoms with Gasteiger partial charge in [0.1, 0.15) is 26.2 Å². The van der Waals surface area contributed by atoms with E-state index in [9.17, 15) is 0 Å². The fourth-order valence-corrected chi connectivity index (χ4v) is 4.90. The van der Waals surface area contributed by atoms with E-state index in [0.29, 0.717) is 0 Å². The molecule has 1 saturated heterocycles. The third-order valence-electron chi connectivity index (χ3n) is 6.13. The van der Waals surface area contributed by atoms with E-state index in [2.05, 4.69) is 26.0 Å². The van der Waals surface area contributed by atoms with Crippen LogP contribution in [-0.4, -0.2) is 38.8 Å². The second-order valence-electron chi connectivity index (χ2n) is 7.17. The SMILES string of the molecule is CCC(CC)[NH+]1CC[NH+](C[C@@H]2C[C@@H]3C=C[C@H]2C3)CC1. The average molecular weight is 264 g/mol. The Morgan fingerprint density at radius 2 is 1.74 bits per heavy atom. The molecule has 2 N–H and O–H groups in total. The third kappa shape index (κ3) is 2.90. The van der Waals surface area contributed by atoms with Gasteiger partial charge in [0.2, 0.25) is 0 Å². The van der Waals surface area contributed by atoms with Gasteiger partial charge in [-0.1, -0.05) is 26.0 Å². The summed E-state index contributed by atoms with van der Waals surface area (Å²) in [7, 11) is 0. The molecule has 0 aromatic carbocycles. The Morgan fingerprint density at radius 3 is 2.26 bits per heavy atom. The highest BCUT2D eigenvalue weighted by Gasteiger charge is 2.38. The first-order valence-corrected chi connectivity index (χ1v) is 8.66. The zero-order valence-corrected chi connectivity index (χ0v) is 12.8. The lowest BCUT2D eigenvalue weighted by atomic mass is 9.93. The normalized spacial score (nSPS) is 41.3. The van der Waals surface area contributed by atoms with Crippen LogP contribution in [0.2, 0.25) is 0 Å². The molecule has 1 saturated carbocycles. The third-order valence-corrected chi connectivity index (χ3v) is 6.13. The number of allylic oxidation sites excluding steroid dienone is 2. The molecule has 3 aliphatic rings. The molecule has 1 heterocycles. The molecule has 0 spiro atoms. The van der Waals surface area contributed by atoms with Crippen molar-refractivity contribution in [2.45, 2.75) is 45.6 Å². The molecule has 108 valence electrons. The Kier molecular flexibility index (Phi) is 4.28. The lowest BCUT2D eigenvalue weighted by molar-refractivity contribution is -1.02. The van der Waals surface area contributed by atoms with E-state index in [-0.39, 0.29) is 0 Å². The molecule has 3 rings (SSSR count). The van der Waals surface area contributed by atoms with Crippen LogP contribution in [-0.2, 0) is 0 Å². The Labute approximate surface area is 118 Å². The number of quaternary nitrogens is 2. The molecule has 1 aliphatic heterocycles. The van der Waals surface area contributed by atoms with Crippen LogP contribution in [0.1, 0.15) is 39.5 Å². The summed E-state index contributed by atoms with van der Waals surface area (Å²) in [5.41, 5.74) is 0. The maximum atomic E-state index is 2.52. The summed E-state index contributed by atoms with van der Waals surface area (Å²) < 4.78 is 0. The lowest BCUT2D eigenvalue weighted by Gasteiger charge is -2.35.